The van der Waals surface area contributed by atoms with E-state index in [1.807, 2.05) is 15.9 Å². The number of ether oxygens (including phenoxy) is 1. The molecule has 8 heteroatoms. The minimum Gasteiger partial charge on any atom is -0.378 e. The fourth-order valence-electron chi connectivity index (χ4n) is 4.64. The number of amides is 2. The molecule has 3 rings (SSSR count). The zero-order valence-electron chi connectivity index (χ0n) is 18.9. The summed E-state index contributed by atoms with van der Waals surface area (Å²) in [5, 5.41) is 11.1. The zero-order chi connectivity index (χ0) is 22.2. The predicted octanol–water partition coefficient (Wildman–Crippen LogP) is 3.40. The van der Waals surface area contributed by atoms with E-state index in [1.54, 1.807) is 18.2 Å². The van der Waals surface area contributed by atoms with Gasteiger partial charge in [-0.25, -0.2) is 4.79 Å². The third-order valence-corrected chi connectivity index (χ3v) is 6.45. The Labute approximate surface area is 185 Å². The molecule has 0 aromatic heterocycles. The number of nitro groups is 1. The van der Waals surface area contributed by atoms with Crippen LogP contribution < -0.4 is 0 Å². The highest BCUT2D eigenvalue weighted by molar-refractivity contribution is 5.74. The summed E-state index contributed by atoms with van der Waals surface area (Å²) in [4.78, 5) is 29.9. The van der Waals surface area contributed by atoms with E-state index >= 15 is 0 Å². The van der Waals surface area contributed by atoms with Crippen LogP contribution in [0, 0.1) is 16.0 Å². The number of carbonyl (C=O) groups excluding carboxylic acids is 1. The summed E-state index contributed by atoms with van der Waals surface area (Å²) < 4.78 is 5.35. The monoisotopic (exact) mass is 432 g/mol. The second-order valence-corrected chi connectivity index (χ2v) is 8.79. The van der Waals surface area contributed by atoms with Crippen molar-refractivity contribution >= 4 is 11.7 Å². The highest BCUT2D eigenvalue weighted by Gasteiger charge is 2.28. The number of non-ortho nitro benzene ring substituents is 1. The smallest absolute Gasteiger partial charge is 0.320 e. The van der Waals surface area contributed by atoms with Gasteiger partial charge in [0.05, 0.1) is 18.1 Å². The van der Waals surface area contributed by atoms with Crippen molar-refractivity contribution in [3.8, 4) is 0 Å². The number of urea groups is 1. The van der Waals surface area contributed by atoms with Crippen LogP contribution in [0.25, 0.3) is 0 Å². The van der Waals surface area contributed by atoms with E-state index in [0.717, 1.165) is 57.4 Å². The van der Waals surface area contributed by atoms with Gasteiger partial charge in [-0.15, -0.1) is 0 Å². The molecule has 0 N–H and O–H groups in total. The van der Waals surface area contributed by atoms with Crippen LogP contribution in [-0.2, 0) is 11.2 Å². The average molecular weight is 433 g/mol. The third kappa shape index (κ3) is 6.64. The Bertz CT molecular complexity index is 730. The number of nitrogens with zero attached hydrogens (tertiary/aromatic N) is 4. The maximum Gasteiger partial charge on any atom is 0.320 e. The molecule has 0 saturated carbocycles. The maximum absolute atomic E-state index is 12.7. The molecule has 2 aliphatic rings. The standard InChI is InChI=1S/C23H36N4O4/c1-3-9-26(19(2)16-21-5-4-6-22(17-21)27(29)30)18-20-7-10-24(11-8-20)23(28)25-12-14-31-15-13-25/h4-6,17,19-20H,3,7-16,18H2,1-2H3. The average Bonchev–Trinajstić information content (AvgIpc) is 2.79. The van der Waals surface area contributed by atoms with Crippen LogP contribution in [0.2, 0.25) is 0 Å². The molecule has 172 valence electrons. The van der Waals surface area contributed by atoms with Gasteiger partial charge >= 0.3 is 6.03 Å². The number of hydrogen-bond donors (Lipinski definition) is 0. The lowest BCUT2D eigenvalue weighted by Gasteiger charge is -2.39. The molecule has 31 heavy (non-hydrogen) atoms. The highest BCUT2D eigenvalue weighted by atomic mass is 16.6. The summed E-state index contributed by atoms with van der Waals surface area (Å²) in [6, 6.07) is 7.45. The highest BCUT2D eigenvalue weighted by Crippen LogP contribution is 2.22. The van der Waals surface area contributed by atoms with Crippen LogP contribution in [0.4, 0.5) is 10.5 Å². The van der Waals surface area contributed by atoms with Gasteiger partial charge in [0.1, 0.15) is 0 Å². The molecule has 1 aromatic rings. The fraction of sp³-hybridized carbons (Fsp3) is 0.696. The van der Waals surface area contributed by atoms with Gasteiger partial charge in [0.2, 0.25) is 0 Å². The normalized spacial score (nSPS) is 18.9. The number of likely N-dealkylation sites (tertiary alicyclic amines) is 1. The minimum absolute atomic E-state index is 0.157. The summed E-state index contributed by atoms with van der Waals surface area (Å²) in [5.74, 6) is 0.577. The van der Waals surface area contributed by atoms with Crippen molar-refractivity contribution in [1.29, 1.82) is 0 Å². The summed E-state index contributed by atoms with van der Waals surface area (Å²) in [7, 11) is 0. The van der Waals surface area contributed by atoms with Crippen molar-refractivity contribution in [2.75, 3.05) is 52.5 Å². The molecule has 2 heterocycles. The maximum atomic E-state index is 12.7. The Morgan fingerprint density at radius 3 is 2.55 bits per heavy atom. The van der Waals surface area contributed by atoms with E-state index < -0.39 is 0 Å². The van der Waals surface area contributed by atoms with Gasteiger partial charge in [0.15, 0.2) is 0 Å². The molecule has 2 saturated heterocycles. The summed E-state index contributed by atoms with van der Waals surface area (Å²) in [5.41, 5.74) is 1.16. The molecule has 2 aliphatic heterocycles. The Hall–Kier alpha value is -2.19. The van der Waals surface area contributed by atoms with Crippen LogP contribution in [0.5, 0.6) is 0 Å². The molecule has 1 aromatic carbocycles. The van der Waals surface area contributed by atoms with Gasteiger partial charge in [-0.2, -0.15) is 0 Å². The van der Waals surface area contributed by atoms with Gasteiger partial charge < -0.3 is 19.4 Å². The van der Waals surface area contributed by atoms with Crippen LogP contribution in [0.3, 0.4) is 0 Å². The molecule has 1 atom stereocenters. The zero-order valence-corrected chi connectivity index (χ0v) is 18.9. The van der Waals surface area contributed by atoms with E-state index in [-0.39, 0.29) is 16.6 Å². The molecule has 0 spiro atoms. The Kier molecular flexibility index (Phi) is 8.66. The largest absolute Gasteiger partial charge is 0.378 e. The van der Waals surface area contributed by atoms with Crippen LogP contribution in [0.1, 0.15) is 38.7 Å². The SMILES string of the molecule is CCCN(CC1CCN(C(=O)N2CCOCC2)CC1)C(C)Cc1cccc([N+](=O)[O-])c1. The Balaban J connectivity index is 1.51. The molecule has 2 amide bonds. The van der Waals surface area contributed by atoms with Crippen LogP contribution in [0.15, 0.2) is 24.3 Å². The summed E-state index contributed by atoms with van der Waals surface area (Å²) in [6.45, 7) is 10.7. The van der Waals surface area contributed by atoms with E-state index in [2.05, 4.69) is 18.7 Å². The molecule has 0 aliphatic carbocycles. The number of rotatable bonds is 8. The molecule has 1 unspecified atom stereocenters. The number of nitro benzene ring substituents is 1. The molecule has 0 radical (unpaired) electrons. The van der Waals surface area contributed by atoms with Crippen molar-refractivity contribution in [2.24, 2.45) is 5.92 Å². The van der Waals surface area contributed by atoms with E-state index in [1.165, 1.54) is 0 Å². The lowest BCUT2D eigenvalue weighted by atomic mass is 9.95. The second kappa shape index (κ2) is 11.4. The quantitative estimate of drug-likeness (QED) is 0.465. The molecular weight excluding hydrogens is 396 g/mol. The first-order chi connectivity index (χ1) is 15.0. The molecular formula is C23H36N4O4. The van der Waals surface area contributed by atoms with Gasteiger partial charge in [-0.1, -0.05) is 19.1 Å². The summed E-state index contributed by atoms with van der Waals surface area (Å²) in [6.07, 6.45) is 3.93. The van der Waals surface area contributed by atoms with Crippen molar-refractivity contribution in [3.05, 3.63) is 39.9 Å². The Morgan fingerprint density at radius 1 is 1.23 bits per heavy atom. The molecule has 0 bridgehead atoms. The first-order valence-electron chi connectivity index (χ1n) is 11.6. The van der Waals surface area contributed by atoms with Gasteiger partial charge in [0, 0.05) is 50.9 Å². The predicted molar refractivity (Wildman–Crippen MR) is 120 cm³/mol. The Morgan fingerprint density at radius 2 is 1.90 bits per heavy atom. The van der Waals surface area contributed by atoms with E-state index in [4.69, 9.17) is 4.74 Å². The number of benzene rings is 1. The van der Waals surface area contributed by atoms with E-state index in [0.29, 0.717) is 38.3 Å². The van der Waals surface area contributed by atoms with Crippen molar-refractivity contribution < 1.29 is 14.5 Å². The van der Waals surface area contributed by atoms with Crippen LogP contribution in [-0.4, -0.2) is 84.2 Å². The van der Waals surface area contributed by atoms with Crippen LogP contribution >= 0.6 is 0 Å². The lowest BCUT2D eigenvalue weighted by molar-refractivity contribution is -0.384. The third-order valence-electron chi connectivity index (χ3n) is 6.45. The summed E-state index contributed by atoms with van der Waals surface area (Å²) >= 11 is 0. The van der Waals surface area contributed by atoms with Crippen molar-refractivity contribution in [2.45, 2.75) is 45.6 Å². The first-order valence-corrected chi connectivity index (χ1v) is 11.6. The fourth-order valence-corrected chi connectivity index (χ4v) is 4.64. The topological polar surface area (TPSA) is 79.2 Å². The van der Waals surface area contributed by atoms with Gasteiger partial charge in [0.25, 0.3) is 5.69 Å². The number of carbonyl (C=O) groups is 1. The van der Waals surface area contributed by atoms with Crippen molar-refractivity contribution in [1.82, 2.24) is 14.7 Å². The van der Waals surface area contributed by atoms with E-state index in [9.17, 15) is 14.9 Å². The number of hydrogen-bond acceptors (Lipinski definition) is 5. The minimum atomic E-state index is -0.329. The molecule has 2 fully saturated rings. The first kappa shape index (κ1) is 23.5. The van der Waals surface area contributed by atoms with Gasteiger partial charge in [-0.05, 0) is 50.6 Å². The number of piperidine rings is 1. The lowest BCUT2D eigenvalue weighted by Crippen LogP contribution is -2.51. The molecule has 8 nitrogen and oxygen atoms in total. The number of morpholine rings is 1. The second-order valence-electron chi connectivity index (χ2n) is 8.79. The van der Waals surface area contributed by atoms with Crippen molar-refractivity contribution in [3.63, 3.8) is 0 Å². The van der Waals surface area contributed by atoms with Gasteiger partial charge in [-0.3, -0.25) is 10.1 Å².